The molecule has 0 heterocycles. The third-order valence-electron chi connectivity index (χ3n) is 2.99. The Bertz CT molecular complexity index is 638. The fourth-order valence-corrected chi connectivity index (χ4v) is 2.01. The zero-order valence-corrected chi connectivity index (χ0v) is 13.9. The number of hydrogen-bond acceptors (Lipinski definition) is 3. The molecule has 1 amide bonds. The van der Waals surface area contributed by atoms with Crippen LogP contribution in [0.1, 0.15) is 38.3 Å². The van der Waals surface area contributed by atoms with Gasteiger partial charge in [-0.2, -0.15) is 13.2 Å². The van der Waals surface area contributed by atoms with Crippen LogP contribution in [0.2, 0.25) is 0 Å². The molecule has 0 bridgehead atoms. The van der Waals surface area contributed by atoms with Crippen LogP contribution in [0.25, 0.3) is 0 Å². The van der Waals surface area contributed by atoms with Gasteiger partial charge in [-0.05, 0) is 44.9 Å². The van der Waals surface area contributed by atoms with E-state index in [2.05, 4.69) is 5.32 Å². The van der Waals surface area contributed by atoms with E-state index in [1.807, 2.05) is 0 Å². The Balaban J connectivity index is 2.92. The first-order valence-corrected chi connectivity index (χ1v) is 7.35. The molecule has 0 aliphatic heterocycles. The van der Waals surface area contributed by atoms with Crippen molar-refractivity contribution in [2.24, 2.45) is 0 Å². The minimum atomic E-state index is -4.69. The smallest absolute Gasteiger partial charge is 0.416 e. The molecule has 0 saturated heterocycles. The summed E-state index contributed by atoms with van der Waals surface area (Å²) in [5.41, 5.74) is -2.11. The average molecular weight is 365 g/mol. The number of carbonyl (C=O) groups excluding carboxylic acids is 1. The zero-order valence-electron chi connectivity index (χ0n) is 13.9. The van der Waals surface area contributed by atoms with Gasteiger partial charge in [0.25, 0.3) is 0 Å². The Morgan fingerprint density at radius 3 is 2.28 bits per heavy atom. The lowest BCUT2D eigenvalue weighted by atomic mass is 10.0. The summed E-state index contributed by atoms with van der Waals surface area (Å²) in [6.07, 6.45) is -6.42. The van der Waals surface area contributed by atoms with Crippen molar-refractivity contribution >= 4 is 12.1 Å². The van der Waals surface area contributed by atoms with Gasteiger partial charge in [-0.1, -0.05) is 6.07 Å². The summed E-state index contributed by atoms with van der Waals surface area (Å²) < 4.78 is 56.5. The number of carboxylic acids is 1. The molecule has 0 radical (unpaired) electrons. The number of carbonyl (C=O) groups is 2. The molecule has 25 heavy (non-hydrogen) atoms. The molecule has 5 nitrogen and oxygen atoms in total. The van der Waals surface area contributed by atoms with Crippen LogP contribution >= 0.6 is 0 Å². The fraction of sp³-hybridized carbons (Fsp3) is 0.500. The SMILES string of the molecule is CC(C)(C)OC(=O)NC(CC(=O)O)Cc1ccc(C(F)(F)F)cc1F. The minimum Gasteiger partial charge on any atom is -0.481 e. The fourth-order valence-electron chi connectivity index (χ4n) is 2.01. The second-order valence-electron chi connectivity index (χ2n) is 6.45. The van der Waals surface area contributed by atoms with Crippen molar-refractivity contribution in [3.8, 4) is 0 Å². The first-order valence-electron chi connectivity index (χ1n) is 7.35. The van der Waals surface area contributed by atoms with Gasteiger partial charge in [-0.3, -0.25) is 4.79 Å². The van der Waals surface area contributed by atoms with Gasteiger partial charge in [0.1, 0.15) is 11.4 Å². The van der Waals surface area contributed by atoms with Crippen molar-refractivity contribution in [3.05, 3.63) is 35.1 Å². The lowest BCUT2D eigenvalue weighted by molar-refractivity contribution is -0.138. The highest BCUT2D eigenvalue weighted by Gasteiger charge is 2.31. The largest absolute Gasteiger partial charge is 0.481 e. The highest BCUT2D eigenvalue weighted by atomic mass is 19.4. The van der Waals surface area contributed by atoms with Crippen LogP contribution in [-0.4, -0.2) is 28.8 Å². The van der Waals surface area contributed by atoms with Crippen LogP contribution in [0.15, 0.2) is 18.2 Å². The van der Waals surface area contributed by atoms with Gasteiger partial charge in [-0.25, -0.2) is 9.18 Å². The van der Waals surface area contributed by atoms with Crippen molar-refractivity contribution in [1.29, 1.82) is 0 Å². The molecule has 1 aromatic rings. The molecule has 0 spiro atoms. The Kier molecular flexibility index (Phi) is 6.39. The predicted molar refractivity (Wildman–Crippen MR) is 80.5 cm³/mol. The van der Waals surface area contributed by atoms with Crippen LogP contribution in [0, 0.1) is 5.82 Å². The van der Waals surface area contributed by atoms with E-state index in [0.29, 0.717) is 12.1 Å². The lowest BCUT2D eigenvalue weighted by Gasteiger charge is -2.23. The third-order valence-corrected chi connectivity index (χ3v) is 2.99. The summed E-state index contributed by atoms with van der Waals surface area (Å²) in [4.78, 5) is 22.6. The van der Waals surface area contributed by atoms with Crippen molar-refractivity contribution in [1.82, 2.24) is 5.32 Å². The number of amides is 1. The Morgan fingerprint density at radius 1 is 1.24 bits per heavy atom. The monoisotopic (exact) mass is 365 g/mol. The molecule has 0 aliphatic carbocycles. The number of ether oxygens (including phenoxy) is 1. The molecule has 0 saturated carbocycles. The van der Waals surface area contributed by atoms with E-state index in [0.717, 1.165) is 6.07 Å². The molecule has 1 unspecified atom stereocenters. The standard InChI is InChI=1S/C16H19F4NO4/c1-15(2,3)25-14(24)21-11(8-13(22)23)6-9-4-5-10(7-12(9)17)16(18,19)20/h4-5,7,11H,6,8H2,1-3H3,(H,21,24)(H,22,23). The van der Waals surface area contributed by atoms with Crippen LogP contribution in [0.3, 0.4) is 0 Å². The first kappa shape index (κ1) is 20.7. The number of rotatable bonds is 5. The number of halogens is 4. The van der Waals surface area contributed by atoms with Crippen LogP contribution < -0.4 is 5.32 Å². The maximum absolute atomic E-state index is 13.9. The summed E-state index contributed by atoms with van der Waals surface area (Å²) in [6.45, 7) is 4.82. The van der Waals surface area contributed by atoms with Gasteiger partial charge in [0.05, 0.1) is 12.0 Å². The molecule has 0 aliphatic rings. The van der Waals surface area contributed by atoms with E-state index >= 15 is 0 Å². The molecule has 9 heteroatoms. The molecule has 2 N–H and O–H groups in total. The summed E-state index contributed by atoms with van der Waals surface area (Å²) in [7, 11) is 0. The summed E-state index contributed by atoms with van der Waals surface area (Å²) >= 11 is 0. The highest BCUT2D eigenvalue weighted by molar-refractivity contribution is 5.71. The summed E-state index contributed by atoms with van der Waals surface area (Å²) in [6, 6.07) is 0.910. The van der Waals surface area contributed by atoms with E-state index in [9.17, 15) is 27.2 Å². The second-order valence-corrected chi connectivity index (χ2v) is 6.45. The van der Waals surface area contributed by atoms with E-state index in [-0.39, 0.29) is 12.0 Å². The molecule has 1 aromatic carbocycles. The minimum absolute atomic E-state index is 0.143. The first-order chi connectivity index (χ1) is 11.3. The summed E-state index contributed by atoms with van der Waals surface area (Å²) in [5.74, 6) is -2.38. The van der Waals surface area contributed by atoms with Gasteiger partial charge in [0.2, 0.25) is 0 Å². The quantitative estimate of drug-likeness (QED) is 0.779. The predicted octanol–water partition coefficient (Wildman–Crippen LogP) is 3.76. The maximum Gasteiger partial charge on any atom is 0.416 e. The van der Waals surface area contributed by atoms with E-state index in [1.54, 1.807) is 20.8 Å². The highest BCUT2D eigenvalue weighted by Crippen LogP contribution is 2.30. The number of aliphatic carboxylic acids is 1. The Labute approximate surface area is 142 Å². The number of alkyl halides is 3. The molecule has 0 fully saturated rings. The Hall–Kier alpha value is -2.32. The van der Waals surface area contributed by atoms with Crippen LogP contribution in [0.5, 0.6) is 0 Å². The van der Waals surface area contributed by atoms with Gasteiger partial charge in [0, 0.05) is 6.04 Å². The number of carboxylic acid groups (broad SMARTS) is 1. The van der Waals surface area contributed by atoms with Gasteiger partial charge in [0.15, 0.2) is 0 Å². The molecular formula is C16H19F4NO4. The number of hydrogen-bond donors (Lipinski definition) is 2. The van der Waals surface area contributed by atoms with E-state index in [1.165, 1.54) is 0 Å². The van der Waals surface area contributed by atoms with E-state index < -0.39 is 47.7 Å². The van der Waals surface area contributed by atoms with Crippen molar-refractivity contribution < 1.29 is 37.0 Å². The van der Waals surface area contributed by atoms with Crippen LogP contribution in [0.4, 0.5) is 22.4 Å². The second kappa shape index (κ2) is 7.71. The Morgan fingerprint density at radius 2 is 1.84 bits per heavy atom. The topological polar surface area (TPSA) is 75.6 Å². The van der Waals surface area contributed by atoms with Gasteiger partial charge in [-0.15, -0.1) is 0 Å². The van der Waals surface area contributed by atoms with Crippen LogP contribution in [-0.2, 0) is 22.1 Å². The lowest BCUT2D eigenvalue weighted by Crippen LogP contribution is -2.41. The average Bonchev–Trinajstić information content (AvgIpc) is 2.36. The number of nitrogens with one attached hydrogen (secondary N) is 1. The molecule has 140 valence electrons. The number of alkyl carbamates (subject to hydrolysis) is 1. The molecule has 1 atom stereocenters. The normalized spacial score (nSPS) is 13.2. The maximum atomic E-state index is 13.9. The molecule has 1 rings (SSSR count). The number of benzene rings is 1. The third kappa shape index (κ3) is 7.40. The van der Waals surface area contributed by atoms with E-state index in [4.69, 9.17) is 9.84 Å². The molecular weight excluding hydrogens is 346 g/mol. The zero-order chi connectivity index (χ0) is 19.4. The van der Waals surface area contributed by atoms with Crippen molar-refractivity contribution in [2.75, 3.05) is 0 Å². The summed E-state index contributed by atoms with van der Waals surface area (Å²) in [5, 5.41) is 11.2. The van der Waals surface area contributed by atoms with Crippen molar-refractivity contribution in [3.63, 3.8) is 0 Å². The molecule has 0 aromatic heterocycles. The van der Waals surface area contributed by atoms with Gasteiger partial charge < -0.3 is 15.2 Å². The van der Waals surface area contributed by atoms with Crippen molar-refractivity contribution in [2.45, 2.75) is 51.4 Å². The van der Waals surface area contributed by atoms with Gasteiger partial charge >= 0.3 is 18.2 Å².